The Hall–Kier alpha value is -0.820. The van der Waals surface area contributed by atoms with E-state index in [0.29, 0.717) is 0 Å². The smallest absolute Gasteiger partial charge is 0.00773 e. The molecular weight excluding hydrogens is 230 g/mol. The van der Waals surface area contributed by atoms with Crippen molar-refractivity contribution in [1.29, 1.82) is 0 Å². The fourth-order valence-corrected chi connectivity index (χ4v) is 1.87. The molecule has 0 aliphatic rings. The molecule has 0 saturated carbocycles. The predicted molar refractivity (Wildman–Crippen MR) is 88.3 cm³/mol. The molecule has 2 N–H and O–H groups in total. The summed E-state index contributed by atoms with van der Waals surface area (Å²) in [5.41, 5.74) is 5.45. The molecule has 0 amide bonds. The molecule has 0 radical (unpaired) electrons. The highest BCUT2D eigenvalue weighted by molar-refractivity contribution is 4.97. The maximum Gasteiger partial charge on any atom is -0.00773 e. The minimum absolute atomic E-state index is 0.832. The van der Waals surface area contributed by atoms with Crippen molar-refractivity contribution in [1.82, 2.24) is 0 Å². The van der Waals surface area contributed by atoms with Gasteiger partial charge in [-0.2, -0.15) is 0 Å². The van der Waals surface area contributed by atoms with E-state index in [1.54, 1.807) is 0 Å². The summed E-state index contributed by atoms with van der Waals surface area (Å²) in [6, 6.07) is 0. The van der Waals surface area contributed by atoms with Crippen LogP contribution in [0, 0.1) is 0 Å². The lowest BCUT2D eigenvalue weighted by molar-refractivity contribution is 0.695. The Morgan fingerprint density at radius 3 is 1.68 bits per heavy atom. The van der Waals surface area contributed by atoms with Gasteiger partial charge in [-0.05, 0) is 51.5 Å². The maximum absolute atomic E-state index is 5.45. The average Bonchev–Trinajstić information content (AvgIpc) is 2.43. The van der Waals surface area contributed by atoms with Crippen molar-refractivity contribution in [3.8, 4) is 0 Å². The Morgan fingerprint density at radius 1 is 0.632 bits per heavy atom. The summed E-state index contributed by atoms with van der Waals surface area (Å²) in [6.07, 6.45) is 26.0. The van der Waals surface area contributed by atoms with E-state index in [4.69, 9.17) is 5.73 Å². The molecule has 0 unspecified atom stereocenters. The van der Waals surface area contributed by atoms with E-state index in [9.17, 15) is 0 Å². The molecular formula is C18H33N. The van der Waals surface area contributed by atoms with E-state index in [2.05, 4.69) is 43.4 Å². The summed E-state index contributed by atoms with van der Waals surface area (Å²) in [7, 11) is 0. The van der Waals surface area contributed by atoms with Gasteiger partial charge in [0.15, 0.2) is 0 Å². The van der Waals surface area contributed by atoms with Gasteiger partial charge in [0.25, 0.3) is 0 Å². The second-order valence-corrected chi connectivity index (χ2v) is 5.02. The van der Waals surface area contributed by atoms with Crippen LogP contribution in [-0.2, 0) is 0 Å². The van der Waals surface area contributed by atoms with Gasteiger partial charge in [0.2, 0.25) is 0 Å². The van der Waals surface area contributed by atoms with Gasteiger partial charge in [-0.25, -0.2) is 0 Å². The lowest BCUT2D eigenvalue weighted by Gasteiger charge is -1.93. The minimum atomic E-state index is 0.832. The fourth-order valence-electron chi connectivity index (χ4n) is 1.87. The first-order chi connectivity index (χ1) is 9.41. The van der Waals surface area contributed by atoms with Crippen molar-refractivity contribution in [2.75, 3.05) is 6.54 Å². The van der Waals surface area contributed by atoms with Gasteiger partial charge in [-0.1, -0.05) is 62.6 Å². The molecule has 1 heteroatoms. The highest BCUT2D eigenvalue weighted by atomic mass is 14.5. The third-order valence-electron chi connectivity index (χ3n) is 3.09. The summed E-state index contributed by atoms with van der Waals surface area (Å²) in [5, 5.41) is 0. The zero-order chi connectivity index (χ0) is 14.0. The van der Waals surface area contributed by atoms with Crippen molar-refractivity contribution in [3.05, 3.63) is 36.5 Å². The van der Waals surface area contributed by atoms with Crippen LogP contribution in [0.1, 0.15) is 71.1 Å². The molecule has 110 valence electrons. The van der Waals surface area contributed by atoms with Crippen LogP contribution in [0.5, 0.6) is 0 Å². The summed E-state index contributed by atoms with van der Waals surface area (Å²) >= 11 is 0. The quantitative estimate of drug-likeness (QED) is 0.343. The number of allylic oxidation sites excluding steroid dienone is 6. The molecule has 19 heavy (non-hydrogen) atoms. The number of hydrogen-bond donors (Lipinski definition) is 1. The van der Waals surface area contributed by atoms with Crippen molar-refractivity contribution >= 4 is 0 Å². The molecule has 0 aromatic heterocycles. The topological polar surface area (TPSA) is 26.0 Å². The molecule has 0 fully saturated rings. The third-order valence-corrected chi connectivity index (χ3v) is 3.09. The Morgan fingerprint density at radius 2 is 1.16 bits per heavy atom. The fraction of sp³-hybridized carbons (Fsp3) is 0.667. The Kier molecular flexibility index (Phi) is 16.4. The molecule has 1 nitrogen and oxygen atoms in total. The van der Waals surface area contributed by atoms with Crippen molar-refractivity contribution < 1.29 is 0 Å². The van der Waals surface area contributed by atoms with Crippen LogP contribution >= 0.6 is 0 Å². The summed E-state index contributed by atoms with van der Waals surface area (Å²) in [5.74, 6) is 0. The molecule has 0 aromatic carbocycles. The predicted octanol–water partition coefficient (Wildman–Crippen LogP) is 5.53. The lowest BCUT2D eigenvalue weighted by atomic mass is 10.2. The molecule has 0 spiro atoms. The van der Waals surface area contributed by atoms with Crippen LogP contribution in [0.4, 0.5) is 0 Å². The van der Waals surface area contributed by atoms with Gasteiger partial charge in [0.05, 0.1) is 0 Å². The van der Waals surface area contributed by atoms with Crippen LogP contribution in [0.2, 0.25) is 0 Å². The summed E-state index contributed by atoms with van der Waals surface area (Å²) in [6.45, 7) is 3.08. The van der Waals surface area contributed by atoms with E-state index >= 15 is 0 Å². The monoisotopic (exact) mass is 263 g/mol. The molecule has 0 aromatic rings. The maximum atomic E-state index is 5.45. The van der Waals surface area contributed by atoms with Crippen LogP contribution in [0.15, 0.2) is 36.5 Å². The first-order valence-electron chi connectivity index (χ1n) is 8.06. The normalized spacial score (nSPS) is 12.3. The van der Waals surface area contributed by atoms with Gasteiger partial charge < -0.3 is 5.73 Å². The molecule has 0 aliphatic carbocycles. The third kappa shape index (κ3) is 17.2. The molecule has 0 bridgehead atoms. The van der Waals surface area contributed by atoms with E-state index in [-0.39, 0.29) is 0 Å². The minimum Gasteiger partial charge on any atom is -0.330 e. The first kappa shape index (κ1) is 18.2. The Bertz CT molecular complexity index is 238. The van der Waals surface area contributed by atoms with Gasteiger partial charge in [0, 0.05) is 0 Å². The van der Waals surface area contributed by atoms with Crippen LogP contribution in [0.25, 0.3) is 0 Å². The largest absolute Gasteiger partial charge is 0.330 e. The van der Waals surface area contributed by atoms with E-state index in [1.807, 2.05) is 0 Å². The van der Waals surface area contributed by atoms with Gasteiger partial charge in [0.1, 0.15) is 0 Å². The number of unbranched alkanes of at least 4 members (excludes halogenated alkanes) is 6. The molecule has 0 saturated heterocycles. The highest BCUT2D eigenvalue weighted by Gasteiger charge is 1.83. The van der Waals surface area contributed by atoms with Crippen molar-refractivity contribution in [2.24, 2.45) is 5.73 Å². The van der Waals surface area contributed by atoms with E-state index in [0.717, 1.165) is 19.4 Å². The van der Waals surface area contributed by atoms with Gasteiger partial charge in [-0.15, -0.1) is 0 Å². The second-order valence-electron chi connectivity index (χ2n) is 5.02. The molecule has 0 aliphatic heterocycles. The Labute approximate surface area is 120 Å². The Balaban J connectivity index is 3.26. The SMILES string of the molecule is CCCCC/C=C\C/C=C\C/C=C\CCCCCN. The number of hydrogen-bond acceptors (Lipinski definition) is 1. The zero-order valence-corrected chi connectivity index (χ0v) is 12.8. The molecule has 0 rings (SSSR count). The van der Waals surface area contributed by atoms with Gasteiger partial charge in [-0.3, -0.25) is 0 Å². The molecule has 0 heterocycles. The lowest BCUT2D eigenvalue weighted by Crippen LogP contribution is -1.97. The van der Waals surface area contributed by atoms with E-state index < -0.39 is 0 Å². The van der Waals surface area contributed by atoms with Crippen LogP contribution < -0.4 is 5.73 Å². The van der Waals surface area contributed by atoms with Crippen molar-refractivity contribution in [3.63, 3.8) is 0 Å². The van der Waals surface area contributed by atoms with Crippen LogP contribution in [0.3, 0.4) is 0 Å². The van der Waals surface area contributed by atoms with Crippen molar-refractivity contribution in [2.45, 2.75) is 71.1 Å². The molecule has 0 atom stereocenters. The average molecular weight is 263 g/mol. The highest BCUT2D eigenvalue weighted by Crippen LogP contribution is 2.02. The second kappa shape index (κ2) is 17.2. The number of nitrogens with two attached hydrogens (primary N) is 1. The van der Waals surface area contributed by atoms with Crippen LogP contribution in [-0.4, -0.2) is 6.54 Å². The van der Waals surface area contributed by atoms with E-state index in [1.165, 1.54) is 51.4 Å². The zero-order valence-electron chi connectivity index (χ0n) is 12.8. The summed E-state index contributed by atoms with van der Waals surface area (Å²) < 4.78 is 0. The number of rotatable bonds is 13. The van der Waals surface area contributed by atoms with Gasteiger partial charge >= 0.3 is 0 Å². The first-order valence-corrected chi connectivity index (χ1v) is 8.06. The summed E-state index contributed by atoms with van der Waals surface area (Å²) in [4.78, 5) is 0. The standard InChI is InChI=1S/C18H33N/c1-2-3-4-5-6-7-8-9-10-11-12-13-14-15-16-17-18-19/h6-7,9-10,12-13H,2-5,8,11,14-19H2,1H3/b7-6-,10-9-,13-12-.